The van der Waals surface area contributed by atoms with E-state index in [-0.39, 0.29) is 0 Å². The van der Waals surface area contributed by atoms with Crippen molar-refractivity contribution in [2.45, 2.75) is 103 Å². The second kappa shape index (κ2) is 16.5. The Kier molecular flexibility index (Phi) is 17.4. The van der Waals surface area contributed by atoms with Gasteiger partial charge in [0.2, 0.25) is 0 Å². The van der Waals surface area contributed by atoms with Crippen molar-refractivity contribution >= 4 is 102 Å². The largest absolute Gasteiger partial charge is 0.505 e. The molecule has 0 aliphatic heterocycles. The quantitative estimate of drug-likeness (QED) is 0.157. The lowest BCUT2D eigenvalue weighted by Gasteiger charge is -2.55. The molecule has 0 N–H and O–H groups in total. The van der Waals surface area contributed by atoms with E-state index in [1.165, 1.54) is 0 Å². The molecular weight excluding hydrogens is 645 g/mol. The van der Waals surface area contributed by atoms with E-state index in [1.807, 2.05) is 6.55 Å². The van der Waals surface area contributed by atoms with Gasteiger partial charge in [-0.25, -0.2) is 0 Å². The van der Waals surface area contributed by atoms with Gasteiger partial charge in [0, 0.05) is 6.55 Å². The first-order valence-electron chi connectivity index (χ1n) is 13.5. The summed E-state index contributed by atoms with van der Waals surface area (Å²) < 4.78 is 61.8. The van der Waals surface area contributed by atoms with E-state index >= 15 is 0 Å². The molecule has 0 amide bonds. The standard InChI is InChI=1S/C16H56O9Si11/c1-15-16(35(18-26-2,19-27-3)20-28-4,36(21-29-5,22-30-6)23-31-7)17-34(14,24-32(8,9)10)25-33(11,12)13/h15,26-31H2,1-14H3. The van der Waals surface area contributed by atoms with Crippen molar-refractivity contribution in [3.8, 4) is 0 Å². The normalized spacial score (nSPS) is 20.5. The molecule has 0 radical (unpaired) electrons. The highest BCUT2D eigenvalue weighted by Gasteiger charge is 2.78. The molecular formula is C16H56O9Si11. The molecule has 0 aromatic rings. The van der Waals surface area contributed by atoms with Gasteiger partial charge in [-0.1, -0.05) is 46.2 Å². The van der Waals surface area contributed by atoms with E-state index in [2.05, 4.69) is 85.5 Å². The highest BCUT2D eigenvalue weighted by molar-refractivity contribution is 6.94. The molecule has 0 saturated carbocycles. The lowest BCUT2D eigenvalue weighted by atomic mass is 10.5. The van der Waals surface area contributed by atoms with Gasteiger partial charge in [0.1, 0.15) is 58.6 Å². The monoisotopic (exact) mass is 700 g/mol. The highest BCUT2D eigenvalue weighted by atomic mass is 28.5. The zero-order valence-corrected chi connectivity index (χ0v) is 39.1. The molecule has 0 heterocycles. The predicted octanol–water partition coefficient (Wildman–Crippen LogP) is 0.271. The van der Waals surface area contributed by atoms with Crippen LogP contribution < -0.4 is 0 Å². The first-order valence-corrected chi connectivity index (χ1v) is 37.9. The Balaban J connectivity index is 7.65. The van der Waals surface area contributed by atoms with Crippen LogP contribution in [0.15, 0.2) is 0 Å². The van der Waals surface area contributed by atoms with E-state index < -0.39 is 106 Å². The molecule has 0 spiro atoms. The van der Waals surface area contributed by atoms with Gasteiger partial charge in [-0.2, -0.15) is 0 Å². The Hall–Kier alpha value is 2.03. The van der Waals surface area contributed by atoms with Crippen molar-refractivity contribution in [1.82, 2.24) is 0 Å². The van der Waals surface area contributed by atoms with Gasteiger partial charge in [-0.05, 0) is 45.7 Å². The summed E-state index contributed by atoms with van der Waals surface area (Å²) in [5, 5.41) is 0. The smallest absolute Gasteiger partial charge is 0.421 e. The van der Waals surface area contributed by atoms with Crippen LogP contribution in [0.5, 0.6) is 0 Å². The first-order chi connectivity index (χ1) is 16.5. The molecule has 0 aromatic heterocycles. The number of hydrogen-bond acceptors (Lipinski definition) is 9. The van der Waals surface area contributed by atoms with Crippen LogP contribution in [0, 0.1) is 0 Å². The molecule has 0 aliphatic carbocycles. The van der Waals surface area contributed by atoms with Crippen molar-refractivity contribution in [3.05, 3.63) is 0 Å². The fourth-order valence-corrected chi connectivity index (χ4v) is 44.5. The summed E-state index contributed by atoms with van der Waals surface area (Å²) in [6.45, 7) is 30.0. The van der Waals surface area contributed by atoms with Gasteiger partial charge in [0.05, 0.1) is 0 Å². The minimum Gasteiger partial charge on any atom is -0.421 e. The second-order valence-corrected chi connectivity index (χ2v) is 37.0. The van der Waals surface area contributed by atoms with Gasteiger partial charge in [0.25, 0.3) is 0 Å². The van der Waals surface area contributed by atoms with Gasteiger partial charge < -0.3 is 37.3 Å². The molecule has 0 bridgehead atoms. The molecule has 0 aromatic carbocycles. The van der Waals surface area contributed by atoms with Crippen LogP contribution in [-0.4, -0.2) is 106 Å². The van der Waals surface area contributed by atoms with Gasteiger partial charge in [-0.15, -0.1) is 0 Å². The lowest BCUT2D eigenvalue weighted by molar-refractivity contribution is 0.0212. The molecule has 0 saturated heterocycles. The van der Waals surface area contributed by atoms with Gasteiger partial charge in [-0.3, -0.25) is 0 Å². The number of hydrogen-bond donors (Lipinski definition) is 0. The summed E-state index contributed by atoms with van der Waals surface area (Å²) in [5.74, 6) is 0. The summed E-state index contributed by atoms with van der Waals surface area (Å²) in [7, 11) is -19.9. The Bertz CT molecular complexity index is 545. The summed E-state index contributed by atoms with van der Waals surface area (Å²) in [4.78, 5) is -1.09. The van der Waals surface area contributed by atoms with Crippen LogP contribution in [0.3, 0.4) is 0 Å². The molecule has 0 fully saturated rings. The Morgan fingerprint density at radius 2 is 0.750 bits per heavy atom. The van der Waals surface area contributed by atoms with E-state index in [0.717, 1.165) is 0 Å². The van der Waals surface area contributed by atoms with Crippen molar-refractivity contribution in [2.75, 3.05) is 0 Å². The molecule has 0 unspecified atom stereocenters. The van der Waals surface area contributed by atoms with Crippen molar-refractivity contribution in [2.24, 2.45) is 0 Å². The Morgan fingerprint density at radius 1 is 0.500 bits per heavy atom. The molecule has 9 nitrogen and oxygen atoms in total. The zero-order valence-electron chi connectivity index (χ0n) is 25.6. The SMILES string of the molecule is CCC(O[Si](C)(O[Si](C)(C)C)O[Si](C)(C)C)([Si](O[SiH2]C)(O[SiH2]C)O[SiH2]C)[Si](O[SiH2]C)(O[SiH2]C)O[SiH2]C. The third-order valence-corrected chi connectivity index (χ3v) is 34.6. The van der Waals surface area contributed by atoms with Crippen molar-refractivity contribution < 1.29 is 37.3 Å². The fraction of sp³-hybridized carbons (Fsp3) is 1.00. The van der Waals surface area contributed by atoms with Crippen LogP contribution in [0.4, 0.5) is 0 Å². The van der Waals surface area contributed by atoms with Crippen LogP contribution in [0.25, 0.3) is 0 Å². The molecule has 0 aliphatic rings. The maximum atomic E-state index is 7.44. The maximum absolute atomic E-state index is 7.44. The van der Waals surface area contributed by atoms with Crippen LogP contribution >= 0.6 is 0 Å². The third kappa shape index (κ3) is 10.5. The van der Waals surface area contributed by atoms with E-state index in [0.29, 0.717) is 6.42 Å². The minimum absolute atomic E-state index is 0.548. The Morgan fingerprint density at radius 3 is 0.917 bits per heavy atom. The minimum atomic E-state index is -3.46. The summed E-state index contributed by atoms with van der Waals surface area (Å²) in [6, 6.07) is 0. The van der Waals surface area contributed by atoms with Crippen LogP contribution in [0.2, 0.25) is 85.1 Å². The summed E-state index contributed by atoms with van der Waals surface area (Å²) >= 11 is 0. The van der Waals surface area contributed by atoms with E-state index in [1.54, 1.807) is 0 Å². The van der Waals surface area contributed by atoms with Crippen molar-refractivity contribution in [3.63, 3.8) is 0 Å². The zero-order chi connectivity index (χ0) is 28.3. The summed E-state index contributed by atoms with van der Waals surface area (Å²) in [5.41, 5.74) is 0. The third-order valence-electron chi connectivity index (χ3n) is 4.84. The van der Waals surface area contributed by atoms with Crippen LogP contribution in [-0.2, 0) is 37.3 Å². The molecule has 36 heavy (non-hydrogen) atoms. The van der Waals surface area contributed by atoms with E-state index in [9.17, 15) is 0 Å². The van der Waals surface area contributed by atoms with Crippen LogP contribution in [0.1, 0.15) is 13.3 Å². The maximum Gasteiger partial charge on any atom is 0.505 e. The first kappa shape index (κ1) is 38.0. The molecule has 0 rings (SSSR count). The summed E-state index contributed by atoms with van der Waals surface area (Å²) in [6.07, 6.45) is 0.548. The lowest BCUT2D eigenvalue weighted by Crippen LogP contribution is -2.84. The average Bonchev–Trinajstić information content (AvgIpc) is 2.70. The van der Waals surface area contributed by atoms with Gasteiger partial charge in [0.15, 0.2) is 21.5 Å². The fourth-order valence-electron chi connectivity index (χ4n) is 4.40. The predicted molar refractivity (Wildman–Crippen MR) is 179 cm³/mol. The van der Waals surface area contributed by atoms with E-state index in [4.69, 9.17) is 37.3 Å². The molecule has 218 valence electrons. The van der Waals surface area contributed by atoms with Crippen molar-refractivity contribution in [1.29, 1.82) is 0 Å². The topological polar surface area (TPSA) is 83.1 Å². The number of rotatable bonds is 21. The average molecular weight is 702 g/mol. The highest BCUT2D eigenvalue weighted by Crippen LogP contribution is 2.44. The second-order valence-electron chi connectivity index (χ2n) is 10.3. The molecule has 20 heteroatoms. The van der Waals surface area contributed by atoms with Gasteiger partial charge >= 0.3 is 26.4 Å². The Labute approximate surface area is 241 Å². The molecule has 0 atom stereocenters.